The van der Waals surface area contributed by atoms with Gasteiger partial charge < -0.3 is 9.64 Å². The maximum Gasteiger partial charge on any atom is 0.350 e. The third-order valence-corrected chi connectivity index (χ3v) is 2.93. The van der Waals surface area contributed by atoms with E-state index >= 15 is 0 Å². The molecule has 17 heavy (non-hydrogen) atoms. The number of nitrogens with zero attached hydrogens (tertiary/aromatic N) is 3. The maximum atomic E-state index is 11.8. The minimum atomic E-state index is -0.277. The molecule has 1 saturated heterocycles. The Morgan fingerprint density at radius 1 is 1.47 bits per heavy atom. The molecule has 0 aliphatic carbocycles. The van der Waals surface area contributed by atoms with Crippen LogP contribution in [0.1, 0.15) is 13.3 Å². The van der Waals surface area contributed by atoms with Crippen molar-refractivity contribution >= 4 is 17.4 Å². The highest BCUT2D eigenvalue weighted by Gasteiger charge is 2.16. The van der Waals surface area contributed by atoms with Crippen LogP contribution in [0.5, 0.6) is 0 Å². The molecule has 94 valence electrons. The van der Waals surface area contributed by atoms with E-state index in [1.54, 1.807) is 10.6 Å². The fraction of sp³-hybridized carbons (Fsp3) is 0.636. The number of anilines is 1. The highest BCUT2D eigenvalue weighted by Crippen LogP contribution is 2.17. The minimum absolute atomic E-state index is 0.254. The number of morpholine rings is 1. The Balaban J connectivity index is 2.38. The number of hydrogen-bond acceptors (Lipinski definition) is 4. The topological polar surface area (TPSA) is 47.4 Å². The number of hydrogen-bond donors (Lipinski definition) is 0. The molecule has 1 aromatic rings. The fourth-order valence-corrected chi connectivity index (χ4v) is 2.12. The Morgan fingerprint density at radius 3 is 2.82 bits per heavy atom. The van der Waals surface area contributed by atoms with Crippen LogP contribution in [0.15, 0.2) is 10.9 Å². The number of rotatable bonds is 3. The zero-order chi connectivity index (χ0) is 12.3. The van der Waals surface area contributed by atoms with Crippen LogP contribution in [0.4, 0.5) is 5.82 Å². The van der Waals surface area contributed by atoms with Crippen LogP contribution >= 0.6 is 11.6 Å². The second-order valence-electron chi connectivity index (χ2n) is 3.97. The molecule has 6 heteroatoms. The van der Waals surface area contributed by atoms with E-state index in [1.165, 1.54) is 0 Å². The van der Waals surface area contributed by atoms with Crippen LogP contribution in [0.2, 0.25) is 5.15 Å². The van der Waals surface area contributed by atoms with E-state index in [4.69, 9.17) is 16.3 Å². The lowest BCUT2D eigenvalue weighted by atomic mass is 10.3. The van der Waals surface area contributed by atoms with E-state index in [-0.39, 0.29) is 10.8 Å². The molecular formula is C11H16ClN3O2. The Bertz CT molecular complexity index is 441. The van der Waals surface area contributed by atoms with Crippen molar-refractivity contribution in [1.29, 1.82) is 0 Å². The lowest BCUT2D eigenvalue weighted by Crippen LogP contribution is -2.40. The number of halogens is 1. The monoisotopic (exact) mass is 257 g/mol. The van der Waals surface area contributed by atoms with E-state index < -0.39 is 0 Å². The van der Waals surface area contributed by atoms with Gasteiger partial charge in [-0.1, -0.05) is 18.5 Å². The van der Waals surface area contributed by atoms with Crippen molar-refractivity contribution in [3.63, 3.8) is 0 Å². The summed E-state index contributed by atoms with van der Waals surface area (Å²) in [4.78, 5) is 17.7. The molecule has 2 heterocycles. The van der Waals surface area contributed by atoms with Gasteiger partial charge >= 0.3 is 5.69 Å². The Morgan fingerprint density at radius 2 is 2.18 bits per heavy atom. The van der Waals surface area contributed by atoms with E-state index in [2.05, 4.69) is 9.88 Å². The molecular weight excluding hydrogens is 242 g/mol. The molecule has 1 fully saturated rings. The predicted octanol–water partition coefficient (Wildman–Crippen LogP) is 1.14. The molecule has 0 N–H and O–H groups in total. The van der Waals surface area contributed by atoms with Crippen LogP contribution < -0.4 is 10.6 Å². The average molecular weight is 258 g/mol. The SMILES string of the molecule is CCCn1c(N2CCOCC2)cc(Cl)nc1=O. The summed E-state index contributed by atoms with van der Waals surface area (Å²) in [7, 11) is 0. The van der Waals surface area contributed by atoms with Gasteiger partial charge in [0.05, 0.1) is 13.2 Å². The zero-order valence-corrected chi connectivity index (χ0v) is 10.6. The normalized spacial score (nSPS) is 16.2. The first-order chi connectivity index (χ1) is 8.22. The van der Waals surface area contributed by atoms with Crippen molar-refractivity contribution < 1.29 is 4.74 Å². The van der Waals surface area contributed by atoms with Gasteiger partial charge in [0.25, 0.3) is 0 Å². The van der Waals surface area contributed by atoms with E-state index in [1.807, 2.05) is 6.92 Å². The van der Waals surface area contributed by atoms with Gasteiger partial charge in [-0.05, 0) is 6.42 Å². The van der Waals surface area contributed by atoms with Crippen LogP contribution in [0.25, 0.3) is 0 Å². The molecule has 1 aromatic heterocycles. The van der Waals surface area contributed by atoms with Crippen molar-refractivity contribution in [1.82, 2.24) is 9.55 Å². The van der Waals surface area contributed by atoms with Crippen LogP contribution in [0, 0.1) is 0 Å². The molecule has 0 unspecified atom stereocenters. The lowest BCUT2D eigenvalue weighted by molar-refractivity contribution is 0.122. The first kappa shape index (κ1) is 12.4. The highest BCUT2D eigenvalue weighted by molar-refractivity contribution is 6.29. The Hall–Kier alpha value is -1.07. The summed E-state index contributed by atoms with van der Waals surface area (Å²) in [6.45, 7) is 5.62. The number of aromatic nitrogens is 2. The summed E-state index contributed by atoms with van der Waals surface area (Å²) in [6, 6.07) is 1.75. The fourth-order valence-electron chi connectivity index (χ4n) is 1.95. The molecule has 0 radical (unpaired) electrons. The van der Waals surface area contributed by atoms with Gasteiger partial charge in [0.1, 0.15) is 11.0 Å². The van der Waals surface area contributed by atoms with Crippen molar-refractivity contribution in [2.75, 3.05) is 31.2 Å². The predicted molar refractivity (Wildman–Crippen MR) is 66.8 cm³/mol. The first-order valence-corrected chi connectivity index (χ1v) is 6.20. The van der Waals surface area contributed by atoms with Crippen LogP contribution in [-0.4, -0.2) is 35.9 Å². The smallest absolute Gasteiger partial charge is 0.350 e. The third kappa shape index (κ3) is 2.79. The Labute approximate surface area is 105 Å². The van der Waals surface area contributed by atoms with Crippen molar-refractivity contribution in [2.45, 2.75) is 19.9 Å². The standard InChI is InChI=1S/C11H16ClN3O2/c1-2-3-15-10(8-9(12)13-11(15)16)14-4-6-17-7-5-14/h8H,2-7H2,1H3. The van der Waals surface area contributed by atoms with E-state index in [0.717, 1.165) is 25.3 Å². The quantitative estimate of drug-likeness (QED) is 0.762. The Kier molecular flexibility index (Phi) is 4.02. The van der Waals surface area contributed by atoms with Gasteiger partial charge in [-0.3, -0.25) is 4.57 Å². The van der Waals surface area contributed by atoms with Crippen molar-refractivity contribution in [2.24, 2.45) is 0 Å². The maximum absolute atomic E-state index is 11.8. The molecule has 5 nitrogen and oxygen atoms in total. The van der Waals surface area contributed by atoms with E-state index in [9.17, 15) is 4.79 Å². The number of ether oxygens (including phenoxy) is 1. The van der Waals surface area contributed by atoms with Crippen LogP contribution in [0.3, 0.4) is 0 Å². The van der Waals surface area contributed by atoms with E-state index in [0.29, 0.717) is 19.8 Å². The summed E-state index contributed by atoms with van der Waals surface area (Å²) < 4.78 is 6.98. The van der Waals surface area contributed by atoms with Crippen LogP contribution in [-0.2, 0) is 11.3 Å². The second-order valence-corrected chi connectivity index (χ2v) is 4.36. The van der Waals surface area contributed by atoms with Gasteiger partial charge in [0.15, 0.2) is 0 Å². The molecule has 0 amide bonds. The molecule has 1 aliphatic rings. The molecule has 0 saturated carbocycles. The lowest BCUT2D eigenvalue weighted by Gasteiger charge is -2.30. The van der Waals surface area contributed by atoms with Gasteiger partial charge in [-0.15, -0.1) is 0 Å². The van der Waals surface area contributed by atoms with Gasteiger partial charge in [-0.25, -0.2) is 4.79 Å². The van der Waals surface area contributed by atoms with Crippen molar-refractivity contribution in [3.8, 4) is 0 Å². The highest BCUT2D eigenvalue weighted by atomic mass is 35.5. The molecule has 0 spiro atoms. The third-order valence-electron chi connectivity index (χ3n) is 2.74. The summed E-state index contributed by atoms with van der Waals surface area (Å²) >= 11 is 5.86. The van der Waals surface area contributed by atoms with Gasteiger partial charge in [0, 0.05) is 25.7 Å². The van der Waals surface area contributed by atoms with Gasteiger partial charge in [-0.2, -0.15) is 4.98 Å². The molecule has 0 atom stereocenters. The molecule has 0 bridgehead atoms. The average Bonchev–Trinajstić information content (AvgIpc) is 2.33. The summed E-state index contributed by atoms with van der Waals surface area (Å²) in [5, 5.41) is 0.254. The summed E-state index contributed by atoms with van der Waals surface area (Å²) in [6.07, 6.45) is 0.889. The molecule has 1 aliphatic heterocycles. The van der Waals surface area contributed by atoms with Gasteiger partial charge in [0.2, 0.25) is 0 Å². The first-order valence-electron chi connectivity index (χ1n) is 5.82. The minimum Gasteiger partial charge on any atom is -0.378 e. The molecule has 0 aromatic carbocycles. The molecule has 2 rings (SSSR count). The summed E-state index contributed by atoms with van der Waals surface area (Å²) in [5.74, 6) is 0.847. The zero-order valence-electron chi connectivity index (χ0n) is 9.86. The largest absolute Gasteiger partial charge is 0.378 e. The second kappa shape index (κ2) is 5.51. The van der Waals surface area contributed by atoms with Crippen molar-refractivity contribution in [3.05, 3.63) is 21.7 Å². The summed E-state index contributed by atoms with van der Waals surface area (Å²) in [5.41, 5.74) is -0.277.